The van der Waals surface area contributed by atoms with Gasteiger partial charge in [-0.3, -0.25) is 4.99 Å². The number of nitrogens with one attached hydrogen (secondary N) is 2. The predicted octanol–water partition coefficient (Wildman–Crippen LogP) is 1.38. The van der Waals surface area contributed by atoms with Gasteiger partial charge in [0.15, 0.2) is 5.96 Å². The van der Waals surface area contributed by atoms with Crippen LogP contribution < -0.4 is 10.6 Å². The molecule has 1 aliphatic heterocycles. The van der Waals surface area contributed by atoms with Gasteiger partial charge < -0.3 is 15.4 Å². The summed E-state index contributed by atoms with van der Waals surface area (Å²) in [5, 5.41) is 6.73. The van der Waals surface area contributed by atoms with Crippen LogP contribution in [0.4, 0.5) is 0 Å². The van der Waals surface area contributed by atoms with E-state index in [4.69, 9.17) is 4.74 Å². The van der Waals surface area contributed by atoms with E-state index in [1.807, 2.05) is 0 Å². The monoisotopic (exact) mass is 239 g/mol. The molecule has 0 aromatic carbocycles. The number of aliphatic imine (C=N–C) groups is 1. The van der Waals surface area contributed by atoms with E-state index in [1.165, 1.54) is 19.3 Å². The zero-order chi connectivity index (χ0) is 12.1. The normalized spacial score (nSPS) is 26.9. The minimum absolute atomic E-state index is 0.485. The summed E-state index contributed by atoms with van der Waals surface area (Å²) in [6, 6.07) is 0. The van der Waals surface area contributed by atoms with Crippen molar-refractivity contribution in [1.29, 1.82) is 0 Å². The van der Waals surface area contributed by atoms with Crippen LogP contribution in [0, 0.1) is 11.3 Å². The highest BCUT2D eigenvalue weighted by atomic mass is 16.5. The summed E-state index contributed by atoms with van der Waals surface area (Å²) < 4.78 is 5.37. The fraction of sp³-hybridized carbons (Fsp3) is 0.923. The van der Waals surface area contributed by atoms with Crippen LogP contribution in [0.25, 0.3) is 0 Å². The van der Waals surface area contributed by atoms with E-state index in [1.54, 1.807) is 0 Å². The largest absolute Gasteiger partial charge is 0.381 e. The molecule has 1 saturated heterocycles. The highest BCUT2D eigenvalue weighted by Gasteiger charge is 2.36. The Kier molecular flexibility index (Phi) is 4.26. The van der Waals surface area contributed by atoms with Gasteiger partial charge >= 0.3 is 0 Å². The summed E-state index contributed by atoms with van der Waals surface area (Å²) in [6.07, 6.45) is 3.82. The van der Waals surface area contributed by atoms with Gasteiger partial charge in [0.2, 0.25) is 0 Å². The molecule has 0 amide bonds. The summed E-state index contributed by atoms with van der Waals surface area (Å²) in [7, 11) is 0. The standard InChI is InChI=1S/C13H25N3O/c1-3-14-12(16-10-13(2)5-6-13)15-8-11-4-7-17-9-11/h11H,3-10H2,1-2H3,(H2,14,15,16). The van der Waals surface area contributed by atoms with E-state index in [0.717, 1.165) is 38.8 Å². The summed E-state index contributed by atoms with van der Waals surface area (Å²) in [5.74, 6) is 1.61. The van der Waals surface area contributed by atoms with Crippen LogP contribution in [-0.2, 0) is 4.74 Å². The number of nitrogens with zero attached hydrogens (tertiary/aromatic N) is 1. The maximum absolute atomic E-state index is 5.37. The number of ether oxygens (including phenoxy) is 1. The smallest absolute Gasteiger partial charge is 0.191 e. The molecule has 2 rings (SSSR count). The SMILES string of the molecule is CCNC(=NCC1(C)CC1)NCC1CCOC1. The Morgan fingerprint density at radius 2 is 2.24 bits per heavy atom. The lowest BCUT2D eigenvalue weighted by Crippen LogP contribution is -2.40. The Bertz CT molecular complexity index is 268. The number of hydrogen-bond donors (Lipinski definition) is 2. The van der Waals surface area contributed by atoms with E-state index in [-0.39, 0.29) is 0 Å². The summed E-state index contributed by atoms with van der Waals surface area (Å²) in [5.41, 5.74) is 0.485. The molecule has 1 aliphatic carbocycles. The van der Waals surface area contributed by atoms with Crippen molar-refractivity contribution in [3.63, 3.8) is 0 Å². The quantitative estimate of drug-likeness (QED) is 0.563. The summed E-state index contributed by atoms with van der Waals surface area (Å²) in [6.45, 7) is 9.07. The van der Waals surface area contributed by atoms with E-state index < -0.39 is 0 Å². The first-order valence-electron chi connectivity index (χ1n) is 6.82. The maximum Gasteiger partial charge on any atom is 0.191 e. The number of guanidine groups is 1. The molecule has 2 aliphatic rings. The topological polar surface area (TPSA) is 45.7 Å². The van der Waals surface area contributed by atoms with Crippen molar-refractivity contribution < 1.29 is 4.74 Å². The zero-order valence-corrected chi connectivity index (χ0v) is 11.1. The van der Waals surface area contributed by atoms with Crippen molar-refractivity contribution in [2.24, 2.45) is 16.3 Å². The molecule has 4 heteroatoms. The second-order valence-electron chi connectivity index (χ2n) is 5.62. The molecule has 1 unspecified atom stereocenters. The third-order valence-corrected chi connectivity index (χ3v) is 3.65. The maximum atomic E-state index is 5.37. The van der Waals surface area contributed by atoms with Gasteiger partial charge in [-0.25, -0.2) is 0 Å². The van der Waals surface area contributed by atoms with Crippen LogP contribution >= 0.6 is 0 Å². The molecule has 1 atom stereocenters. The van der Waals surface area contributed by atoms with E-state index in [9.17, 15) is 0 Å². The van der Waals surface area contributed by atoms with Gasteiger partial charge in [0.05, 0.1) is 6.61 Å². The highest BCUT2D eigenvalue weighted by molar-refractivity contribution is 5.79. The van der Waals surface area contributed by atoms with Crippen molar-refractivity contribution in [3.05, 3.63) is 0 Å². The second kappa shape index (κ2) is 5.71. The van der Waals surface area contributed by atoms with E-state index in [2.05, 4.69) is 29.5 Å². The Morgan fingerprint density at radius 1 is 1.41 bits per heavy atom. The Labute approximate surface area is 104 Å². The van der Waals surface area contributed by atoms with Crippen LogP contribution in [0.5, 0.6) is 0 Å². The number of rotatable bonds is 5. The van der Waals surface area contributed by atoms with Crippen LogP contribution in [0.1, 0.15) is 33.1 Å². The van der Waals surface area contributed by atoms with Crippen LogP contribution in [0.2, 0.25) is 0 Å². The molecular formula is C13H25N3O. The summed E-state index contributed by atoms with van der Waals surface area (Å²) >= 11 is 0. The van der Waals surface area contributed by atoms with Gasteiger partial charge in [0.25, 0.3) is 0 Å². The second-order valence-corrected chi connectivity index (χ2v) is 5.62. The first-order chi connectivity index (χ1) is 8.22. The minimum atomic E-state index is 0.485. The van der Waals surface area contributed by atoms with Crippen molar-refractivity contribution in [2.75, 3.05) is 32.8 Å². The average Bonchev–Trinajstić information content (AvgIpc) is 2.85. The third-order valence-electron chi connectivity index (χ3n) is 3.65. The van der Waals surface area contributed by atoms with Gasteiger partial charge in [-0.15, -0.1) is 0 Å². The minimum Gasteiger partial charge on any atom is -0.381 e. The van der Waals surface area contributed by atoms with Gasteiger partial charge in [0, 0.05) is 32.2 Å². The molecule has 0 radical (unpaired) electrons. The van der Waals surface area contributed by atoms with Crippen LogP contribution in [0.15, 0.2) is 4.99 Å². The molecule has 4 nitrogen and oxygen atoms in total. The molecule has 2 N–H and O–H groups in total. The Hall–Kier alpha value is -0.770. The van der Waals surface area contributed by atoms with Gasteiger partial charge in [-0.2, -0.15) is 0 Å². The fourth-order valence-corrected chi connectivity index (χ4v) is 1.97. The Balaban J connectivity index is 1.74. The van der Waals surface area contributed by atoms with Crippen molar-refractivity contribution >= 4 is 5.96 Å². The highest BCUT2D eigenvalue weighted by Crippen LogP contribution is 2.44. The summed E-state index contributed by atoms with van der Waals surface area (Å²) in [4.78, 5) is 4.66. The number of hydrogen-bond acceptors (Lipinski definition) is 2. The third kappa shape index (κ3) is 4.19. The van der Waals surface area contributed by atoms with E-state index >= 15 is 0 Å². The molecule has 1 saturated carbocycles. The van der Waals surface area contributed by atoms with Gasteiger partial charge in [0.1, 0.15) is 0 Å². The fourth-order valence-electron chi connectivity index (χ4n) is 1.97. The molecule has 1 heterocycles. The van der Waals surface area contributed by atoms with Crippen molar-refractivity contribution in [1.82, 2.24) is 10.6 Å². The van der Waals surface area contributed by atoms with Crippen molar-refractivity contribution in [3.8, 4) is 0 Å². The first-order valence-corrected chi connectivity index (χ1v) is 6.82. The lowest BCUT2D eigenvalue weighted by Gasteiger charge is -2.15. The molecular weight excluding hydrogens is 214 g/mol. The van der Waals surface area contributed by atoms with E-state index in [0.29, 0.717) is 11.3 Å². The lowest BCUT2D eigenvalue weighted by atomic mass is 10.1. The molecule has 2 fully saturated rings. The molecule has 0 spiro atoms. The van der Waals surface area contributed by atoms with Crippen LogP contribution in [0.3, 0.4) is 0 Å². The van der Waals surface area contributed by atoms with Crippen molar-refractivity contribution in [2.45, 2.75) is 33.1 Å². The predicted molar refractivity (Wildman–Crippen MR) is 70.2 cm³/mol. The molecule has 17 heavy (non-hydrogen) atoms. The lowest BCUT2D eigenvalue weighted by molar-refractivity contribution is 0.186. The van der Waals surface area contributed by atoms with Gasteiger partial charge in [-0.1, -0.05) is 6.92 Å². The first kappa shape index (κ1) is 12.7. The molecule has 0 aromatic heterocycles. The molecule has 98 valence electrons. The molecule has 0 bridgehead atoms. The van der Waals surface area contributed by atoms with Gasteiger partial charge in [-0.05, 0) is 31.6 Å². The Morgan fingerprint density at radius 3 is 2.82 bits per heavy atom. The zero-order valence-electron chi connectivity index (χ0n) is 11.1. The van der Waals surface area contributed by atoms with Crippen LogP contribution in [-0.4, -0.2) is 38.8 Å². The molecule has 0 aromatic rings. The average molecular weight is 239 g/mol.